The van der Waals surface area contributed by atoms with Crippen molar-refractivity contribution in [2.24, 2.45) is 0 Å². The molecule has 4 heterocycles. The summed E-state index contributed by atoms with van der Waals surface area (Å²) in [6.45, 7) is 4.70. The highest BCUT2D eigenvalue weighted by Gasteiger charge is 2.36. The average Bonchev–Trinajstić information content (AvgIpc) is 1.54. The fourth-order valence-electron chi connectivity index (χ4n) is 22.5. The number of hydrogen-bond donors (Lipinski definition) is 4. The molecule has 8 heteroatoms. The van der Waals surface area contributed by atoms with Crippen molar-refractivity contribution in [3.63, 3.8) is 0 Å². The molecular formula is C141H102N8. The van der Waals surface area contributed by atoms with Crippen LogP contribution in [0.3, 0.4) is 0 Å². The normalized spacial score (nSPS) is 11.9. The van der Waals surface area contributed by atoms with Crippen molar-refractivity contribution in [2.75, 3.05) is 21.3 Å². The van der Waals surface area contributed by atoms with Crippen molar-refractivity contribution in [2.45, 2.75) is 19.3 Å². The Kier molecular flexibility index (Phi) is 23.2. The van der Waals surface area contributed by atoms with E-state index in [0.29, 0.717) is 0 Å². The van der Waals surface area contributed by atoms with Gasteiger partial charge >= 0.3 is 0 Å². The van der Waals surface area contributed by atoms with E-state index in [9.17, 15) is 0 Å². The molecule has 706 valence electrons. The molecule has 0 bridgehead atoms. The molecule has 0 atom stereocenters. The minimum Gasteiger partial charge on any atom is -0.356 e. The van der Waals surface area contributed by atoms with Crippen LogP contribution in [0.5, 0.6) is 0 Å². The fourth-order valence-corrected chi connectivity index (χ4v) is 22.5. The van der Waals surface area contributed by atoms with E-state index in [1.54, 1.807) is 0 Å². The predicted molar refractivity (Wildman–Crippen MR) is 634 cm³/mol. The topological polar surface area (TPSA) is 67.8 Å². The van der Waals surface area contributed by atoms with Crippen molar-refractivity contribution >= 4 is 165 Å². The van der Waals surface area contributed by atoms with Gasteiger partial charge in [0.05, 0.1) is 44.1 Å². The van der Waals surface area contributed by atoms with Crippen molar-refractivity contribution in [1.29, 1.82) is 0 Å². The molecule has 0 saturated carbocycles. The molecule has 29 rings (SSSR count). The first-order chi connectivity index (χ1) is 73.6. The van der Waals surface area contributed by atoms with Crippen LogP contribution >= 0.6 is 0 Å². The summed E-state index contributed by atoms with van der Waals surface area (Å²) in [5.74, 6) is 0. The maximum Gasteiger partial charge on any atom is 0.0541 e. The molecule has 1 aliphatic carbocycles. The maximum absolute atomic E-state index is 3.60. The third kappa shape index (κ3) is 17.0. The Morgan fingerprint density at radius 1 is 0.148 bits per heavy atom. The second kappa shape index (κ2) is 38.6. The zero-order valence-electron chi connectivity index (χ0n) is 82.4. The van der Waals surface area contributed by atoms with Crippen LogP contribution in [-0.2, 0) is 5.41 Å². The third-order valence-electron chi connectivity index (χ3n) is 29.6. The van der Waals surface area contributed by atoms with Gasteiger partial charge in [0.25, 0.3) is 0 Å². The molecule has 24 aromatic carbocycles. The van der Waals surface area contributed by atoms with Gasteiger partial charge in [-0.3, -0.25) is 0 Å². The zero-order chi connectivity index (χ0) is 99.2. The molecule has 0 radical (unpaired) electrons. The van der Waals surface area contributed by atoms with Crippen LogP contribution in [0.15, 0.2) is 558 Å². The molecule has 4 N–H and O–H groups in total. The van der Waals surface area contributed by atoms with Gasteiger partial charge in [-0.15, -0.1) is 0 Å². The first-order valence-electron chi connectivity index (χ1n) is 51.2. The van der Waals surface area contributed by atoms with Gasteiger partial charge in [0.15, 0.2) is 0 Å². The smallest absolute Gasteiger partial charge is 0.0541 e. The van der Waals surface area contributed by atoms with Gasteiger partial charge in [-0.1, -0.05) is 347 Å². The van der Waals surface area contributed by atoms with E-state index in [1.165, 1.54) is 209 Å². The summed E-state index contributed by atoms with van der Waals surface area (Å²) in [6.07, 6.45) is 0. The molecule has 0 aliphatic heterocycles. The Morgan fingerprint density at radius 2 is 0.430 bits per heavy atom. The Hall–Kier alpha value is -19.5. The van der Waals surface area contributed by atoms with Gasteiger partial charge in [-0.05, 0) is 313 Å². The van der Waals surface area contributed by atoms with Gasteiger partial charge in [0.2, 0.25) is 0 Å². The number of para-hydroxylation sites is 12. The first kappa shape index (κ1) is 89.5. The monoisotopic (exact) mass is 1910 g/mol. The van der Waals surface area contributed by atoms with Crippen LogP contribution in [0.1, 0.15) is 25.0 Å². The fraction of sp³-hybridized carbons (Fsp3) is 0.0213. The van der Waals surface area contributed by atoms with Gasteiger partial charge in [0.1, 0.15) is 0 Å². The lowest BCUT2D eigenvalue weighted by Crippen LogP contribution is -2.15. The number of nitrogens with zero attached hydrogens (tertiary/aromatic N) is 4. The summed E-state index contributed by atoms with van der Waals surface area (Å²) in [7, 11) is 0. The average molecular weight is 1910 g/mol. The van der Waals surface area contributed by atoms with Gasteiger partial charge < -0.3 is 39.5 Å². The molecule has 0 amide bonds. The highest BCUT2D eigenvalue weighted by atomic mass is 15.0. The lowest BCUT2D eigenvalue weighted by atomic mass is 9.81. The minimum atomic E-state index is -0.0948. The molecule has 0 unspecified atom stereocenters. The molecule has 8 nitrogen and oxygen atoms in total. The summed E-state index contributed by atoms with van der Waals surface area (Å²) in [4.78, 5) is 0. The lowest BCUT2D eigenvalue weighted by molar-refractivity contribution is 0.661. The SMILES string of the molecule is CC1(C)c2cc(Nc3ccccc3)ccc2-c2ccc(-c3ccc4c(c3)c3ccccc3n4-c3ccccc3)cc21.c1ccc(Nc2ccc3cc(-c4ccc5c(c4)c4ccccc4n5-c4ccccc4)ccc3c2)cc1.c1ccc(Nc2cccc3c(-c4ccc5c(c4)c4ccccc4n5-c4ccccc4)cccc23)cc1.c1ccc(Nc2cccc3cc(-c4ccc5c(c4)c4ccccc4n5-c4ccccc4)ccc23)cc1. The maximum atomic E-state index is 3.60. The third-order valence-corrected chi connectivity index (χ3v) is 29.6. The van der Waals surface area contributed by atoms with E-state index in [-0.39, 0.29) is 5.41 Å². The van der Waals surface area contributed by atoms with E-state index in [4.69, 9.17) is 0 Å². The van der Waals surface area contributed by atoms with Gasteiger partial charge in [0, 0.05) is 128 Å². The molecule has 1 aliphatic rings. The van der Waals surface area contributed by atoms with E-state index >= 15 is 0 Å². The zero-order valence-corrected chi connectivity index (χ0v) is 82.4. The second-order valence-electron chi connectivity index (χ2n) is 39.0. The second-order valence-corrected chi connectivity index (χ2v) is 39.0. The largest absolute Gasteiger partial charge is 0.356 e. The minimum absolute atomic E-state index is 0.0948. The Bertz CT molecular complexity index is 9900. The Balaban J connectivity index is 0.000000101. The number of aromatic nitrogens is 4. The predicted octanol–water partition coefficient (Wildman–Crippen LogP) is 38.5. The molecule has 28 aromatic rings. The van der Waals surface area contributed by atoms with Gasteiger partial charge in [-0.2, -0.15) is 0 Å². The van der Waals surface area contributed by atoms with Crippen molar-refractivity contribution in [3.05, 3.63) is 569 Å². The van der Waals surface area contributed by atoms with Crippen LogP contribution in [0.25, 0.3) is 198 Å². The Labute approximate surface area is 865 Å². The summed E-state index contributed by atoms with van der Waals surface area (Å²) in [6, 6.07) is 199. The molecule has 0 fully saturated rings. The van der Waals surface area contributed by atoms with E-state index < -0.39 is 0 Å². The molecule has 4 aromatic heterocycles. The molecule has 0 spiro atoms. The Morgan fingerprint density at radius 3 is 0.872 bits per heavy atom. The quantitative estimate of drug-likeness (QED) is 0.0778. The van der Waals surface area contributed by atoms with Crippen LogP contribution in [0.2, 0.25) is 0 Å². The van der Waals surface area contributed by atoms with Gasteiger partial charge in [-0.25, -0.2) is 0 Å². The van der Waals surface area contributed by atoms with Crippen molar-refractivity contribution in [1.82, 2.24) is 18.3 Å². The highest BCUT2D eigenvalue weighted by molar-refractivity contribution is 6.16. The number of benzene rings is 24. The number of nitrogens with one attached hydrogen (secondary N) is 4. The number of anilines is 8. The first-order valence-corrected chi connectivity index (χ1v) is 51.2. The number of fused-ring (bicyclic) bond motifs is 18. The lowest BCUT2D eigenvalue weighted by Gasteiger charge is -2.23. The molecule has 149 heavy (non-hydrogen) atoms. The van der Waals surface area contributed by atoms with E-state index in [2.05, 4.69) is 575 Å². The van der Waals surface area contributed by atoms with E-state index in [1.807, 2.05) is 36.4 Å². The van der Waals surface area contributed by atoms with E-state index in [0.717, 1.165) is 45.5 Å². The van der Waals surface area contributed by atoms with Crippen molar-refractivity contribution in [3.8, 4) is 78.4 Å². The van der Waals surface area contributed by atoms with Crippen LogP contribution in [-0.4, -0.2) is 18.3 Å². The number of hydrogen-bond acceptors (Lipinski definition) is 4. The van der Waals surface area contributed by atoms with Crippen LogP contribution < -0.4 is 21.3 Å². The highest BCUT2D eigenvalue weighted by Crippen LogP contribution is 2.52. The molecular weight excluding hydrogens is 1810 g/mol. The number of rotatable bonds is 16. The summed E-state index contributed by atoms with van der Waals surface area (Å²) < 4.78 is 9.45. The standard InChI is InChI=1S/C39H30N2.3C34H24N2/c1-39(2)35-24-27(17-20-31(35)32-21-19-29(25-36(32)39)40-28-11-5-3-6-12-28)26-18-22-38-34(23-26)33-15-9-10-16-37(33)41(38)30-13-7-4-8-14-30;1-3-11-25(12-4-1)35-32-19-10-17-28-27(16-9-18-29(28)32)24-21-22-34-31(23-24)30-15-7-8-20-33(30)36(34)26-13-5-2-6-14-26;1-3-11-27(12-4-1)35-32-16-9-10-26-22-24(18-20-29(26)32)25-19-21-34-31(23-25)30-15-7-8-17-33(30)36(34)28-13-5-2-6-14-28;1-3-9-28(10-4-1)35-29-19-17-25-21-24(15-16-26(25)22-29)27-18-20-34-32(23-27)31-13-7-8-14-33(31)36(34)30-11-5-2-6-12-30/h3-25,40H,1-2H3;3*1-23,35H. The molecule has 0 saturated heterocycles. The summed E-state index contributed by atoms with van der Waals surface area (Å²) >= 11 is 0. The van der Waals surface area contributed by atoms with Crippen LogP contribution in [0, 0.1) is 0 Å². The summed E-state index contributed by atoms with van der Waals surface area (Å²) in [5.41, 5.74) is 38.5. The van der Waals surface area contributed by atoms with Crippen LogP contribution in [0.4, 0.5) is 45.5 Å². The van der Waals surface area contributed by atoms with Crippen molar-refractivity contribution < 1.29 is 0 Å². The summed E-state index contributed by atoms with van der Waals surface area (Å²) in [5, 5.41) is 31.8.